The van der Waals surface area contributed by atoms with Gasteiger partial charge in [0.15, 0.2) is 0 Å². The Kier molecular flexibility index (Phi) is 13.5. The highest BCUT2D eigenvalue weighted by Gasteiger charge is 2.45. The molecule has 0 radical (unpaired) electrons. The second kappa shape index (κ2) is 18.0. The number of carbonyl (C=O) groups is 4. The number of carbonyl (C=O) groups excluding carboxylic acids is 4. The van der Waals surface area contributed by atoms with E-state index in [0.29, 0.717) is 49.4 Å². The Morgan fingerprint density at radius 2 is 1.07 bits per heavy atom. The van der Waals surface area contributed by atoms with E-state index in [1.807, 2.05) is 11.8 Å². The Labute approximate surface area is 320 Å². The molecule has 3 aliphatic rings. The fraction of sp³-hybridized carbons (Fsp3) is 0.476. The largest absolute Gasteiger partial charge is 0.438 e. The second-order valence-corrected chi connectivity index (χ2v) is 14.9. The summed E-state index contributed by atoms with van der Waals surface area (Å²) in [6.07, 6.45) is 6.78. The molecule has 3 aromatic rings. The average Bonchev–Trinajstić information content (AvgIpc) is 3.17. The Bertz CT molecular complexity index is 1790. The molecule has 2 saturated heterocycles. The van der Waals surface area contributed by atoms with Crippen LogP contribution in [0.3, 0.4) is 0 Å². The van der Waals surface area contributed by atoms with Gasteiger partial charge in [0, 0.05) is 57.7 Å². The van der Waals surface area contributed by atoms with Gasteiger partial charge >= 0.3 is 12.2 Å². The minimum atomic E-state index is -1.04. The topological polar surface area (TPSA) is 145 Å². The molecule has 1 aliphatic carbocycles. The molecule has 3 fully saturated rings. The maximum Gasteiger partial charge on any atom is 0.411 e. The van der Waals surface area contributed by atoms with Crippen LogP contribution >= 0.6 is 0 Å². The van der Waals surface area contributed by atoms with Crippen LogP contribution < -0.4 is 11.5 Å². The van der Waals surface area contributed by atoms with Crippen molar-refractivity contribution in [3.63, 3.8) is 0 Å². The summed E-state index contributed by atoms with van der Waals surface area (Å²) >= 11 is 0. The number of halogens is 3. The molecule has 296 valence electrons. The van der Waals surface area contributed by atoms with Crippen LogP contribution in [0.25, 0.3) is 0 Å². The summed E-state index contributed by atoms with van der Waals surface area (Å²) in [5, 5.41) is 0. The lowest BCUT2D eigenvalue weighted by molar-refractivity contribution is -0.121. The molecular weight excluding hydrogens is 713 g/mol. The molecule has 0 aromatic heterocycles. The molecule has 2 heterocycles. The van der Waals surface area contributed by atoms with Gasteiger partial charge in [0.05, 0.1) is 6.04 Å². The first-order chi connectivity index (χ1) is 26.2. The van der Waals surface area contributed by atoms with E-state index in [1.165, 1.54) is 55.7 Å². The lowest BCUT2D eigenvalue weighted by Gasteiger charge is -2.45. The zero-order chi connectivity index (χ0) is 39.8. The van der Waals surface area contributed by atoms with Crippen LogP contribution in [0.1, 0.15) is 107 Å². The molecule has 6 rings (SSSR count). The van der Waals surface area contributed by atoms with Crippen molar-refractivity contribution in [2.75, 3.05) is 13.1 Å². The number of nitrogens with zero attached hydrogens (tertiary/aromatic N) is 2. The highest BCUT2D eigenvalue weighted by Crippen LogP contribution is 2.42. The third kappa shape index (κ3) is 10.2. The molecule has 0 bridgehead atoms. The number of amides is 4. The number of nitrogens with two attached hydrogens (primary N) is 2. The predicted octanol–water partition coefficient (Wildman–Crippen LogP) is 8.13. The first-order valence-corrected chi connectivity index (χ1v) is 19.1. The highest BCUT2D eigenvalue weighted by atomic mass is 19.1. The number of primary amides is 2. The van der Waals surface area contributed by atoms with E-state index in [0.717, 1.165) is 18.4 Å². The van der Waals surface area contributed by atoms with E-state index in [4.69, 9.17) is 20.9 Å². The number of hydrogen-bond donors (Lipinski definition) is 2. The van der Waals surface area contributed by atoms with E-state index >= 15 is 0 Å². The summed E-state index contributed by atoms with van der Waals surface area (Å²) in [6, 6.07) is 17.4. The molecule has 55 heavy (non-hydrogen) atoms. The van der Waals surface area contributed by atoms with E-state index in [1.54, 1.807) is 41.3 Å². The fourth-order valence-corrected chi connectivity index (χ4v) is 8.06. The van der Waals surface area contributed by atoms with E-state index in [-0.39, 0.29) is 49.1 Å². The summed E-state index contributed by atoms with van der Waals surface area (Å²) in [5.74, 6) is -1.53. The smallest absolute Gasteiger partial charge is 0.411 e. The van der Waals surface area contributed by atoms with Crippen LogP contribution in [0.2, 0.25) is 0 Å². The van der Waals surface area contributed by atoms with Gasteiger partial charge in [-0.25, -0.2) is 22.8 Å². The lowest BCUT2D eigenvalue weighted by Crippen LogP contribution is -2.53. The third-order valence-electron chi connectivity index (χ3n) is 11.5. The van der Waals surface area contributed by atoms with Crippen LogP contribution in [0.4, 0.5) is 22.8 Å². The van der Waals surface area contributed by atoms with E-state index in [2.05, 4.69) is 6.92 Å². The molecule has 13 heteroatoms. The number of benzene rings is 3. The van der Waals surface area contributed by atoms with Crippen LogP contribution in [0, 0.1) is 23.4 Å². The first kappa shape index (κ1) is 41.1. The molecule has 4 unspecified atom stereocenters. The van der Waals surface area contributed by atoms with Gasteiger partial charge in [0.25, 0.3) is 0 Å². The summed E-state index contributed by atoms with van der Waals surface area (Å²) < 4.78 is 51.6. The summed E-state index contributed by atoms with van der Waals surface area (Å²) in [7, 11) is 0. The zero-order valence-electron chi connectivity index (χ0n) is 31.5. The predicted molar refractivity (Wildman–Crippen MR) is 199 cm³/mol. The SMILES string of the molecule is CC(C1CCCCC1)N1CCC(CCC(N)=O)(c2ccc(F)cc2)OC1=O.CC(c1ccc(F)cc1)N1CCC(CCC(N)=O)(c2ccc(F)cc2)OC1=O. The third-order valence-corrected chi connectivity index (χ3v) is 11.5. The molecule has 2 aliphatic heterocycles. The van der Waals surface area contributed by atoms with Gasteiger partial charge in [0.2, 0.25) is 11.8 Å². The van der Waals surface area contributed by atoms with Crippen molar-refractivity contribution in [2.45, 2.75) is 108 Å². The quantitative estimate of drug-likeness (QED) is 0.191. The molecule has 4 N–H and O–H groups in total. The molecule has 0 spiro atoms. The molecule has 10 nitrogen and oxygen atoms in total. The van der Waals surface area contributed by atoms with Gasteiger partial charge in [-0.3, -0.25) is 9.59 Å². The minimum absolute atomic E-state index is 0.0399. The Morgan fingerprint density at radius 3 is 1.47 bits per heavy atom. The normalized spacial score (nSPS) is 22.8. The summed E-state index contributed by atoms with van der Waals surface area (Å²) in [6.45, 7) is 4.87. The Hall–Kier alpha value is -5.07. The number of ether oxygens (including phenoxy) is 2. The molecule has 4 atom stereocenters. The van der Waals surface area contributed by atoms with Crippen molar-refractivity contribution in [3.05, 3.63) is 107 Å². The maximum atomic E-state index is 13.4. The van der Waals surface area contributed by atoms with Gasteiger partial charge in [-0.05, 0) is 85.7 Å². The summed E-state index contributed by atoms with van der Waals surface area (Å²) in [4.78, 5) is 51.7. The standard InChI is InChI=1S/C21H22F2N2O3.C21H29FN2O3/c1-14(15-2-6-17(22)7-3-15)25-13-12-21(28-20(25)27,11-10-19(24)26)16-4-8-18(23)9-5-16;1-15(16-5-3-2-4-6-16)24-14-13-21(27-20(24)26,12-11-19(23)25)17-7-9-18(22)10-8-17/h2-9,14H,10-13H2,1H3,(H2,24,26);7-10,15-16H,2-6,11-14H2,1H3,(H2,23,25). The average molecular weight is 765 g/mol. The number of cyclic esters (lactones) is 2. The van der Waals surface area contributed by atoms with Crippen LogP contribution in [-0.4, -0.2) is 52.9 Å². The van der Waals surface area contributed by atoms with Crippen LogP contribution in [0.5, 0.6) is 0 Å². The van der Waals surface area contributed by atoms with Crippen molar-refractivity contribution < 1.29 is 41.8 Å². The number of rotatable bonds is 12. The van der Waals surface area contributed by atoms with E-state index < -0.39 is 34.9 Å². The highest BCUT2D eigenvalue weighted by molar-refractivity contribution is 5.75. The Morgan fingerprint density at radius 1 is 0.673 bits per heavy atom. The second-order valence-electron chi connectivity index (χ2n) is 14.9. The van der Waals surface area contributed by atoms with Crippen molar-refractivity contribution >= 4 is 24.0 Å². The number of hydrogen-bond acceptors (Lipinski definition) is 6. The van der Waals surface area contributed by atoms with Gasteiger partial charge in [-0.15, -0.1) is 0 Å². The van der Waals surface area contributed by atoms with Crippen LogP contribution in [0.15, 0.2) is 72.8 Å². The van der Waals surface area contributed by atoms with Crippen LogP contribution in [-0.2, 0) is 30.3 Å². The summed E-state index contributed by atoms with van der Waals surface area (Å²) in [5.41, 5.74) is 10.8. The van der Waals surface area contributed by atoms with Crippen molar-refractivity contribution in [1.82, 2.24) is 9.80 Å². The van der Waals surface area contributed by atoms with Gasteiger partial charge < -0.3 is 30.7 Å². The van der Waals surface area contributed by atoms with Crippen molar-refractivity contribution in [3.8, 4) is 0 Å². The van der Waals surface area contributed by atoms with Gasteiger partial charge in [0.1, 0.15) is 28.7 Å². The molecule has 4 amide bonds. The van der Waals surface area contributed by atoms with E-state index in [9.17, 15) is 32.3 Å². The first-order valence-electron chi connectivity index (χ1n) is 19.1. The van der Waals surface area contributed by atoms with Gasteiger partial charge in [-0.2, -0.15) is 0 Å². The zero-order valence-corrected chi connectivity index (χ0v) is 31.5. The Balaban J connectivity index is 0.000000211. The molecule has 3 aromatic carbocycles. The fourth-order valence-electron chi connectivity index (χ4n) is 8.06. The van der Waals surface area contributed by atoms with Crippen molar-refractivity contribution in [2.24, 2.45) is 17.4 Å². The lowest BCUT2D eigenvalue weighted by atomic mass is 9.82. The monoisotopic (exact) mass is 764 g/mol. The molecule has 1 saturated carbocycles. The maximum absolute atomic E-state index is 13.4. The van der Waals surface area contributed by atoms with Gasteiger partial charge in [-0.1, -0.05) is 55.7 Å². The minimum Gasteiger partial charge on any atom is -0.438 e. The molecular formula is C42H51F3N4O6. The van der Waals surface area contributed by atoms with Crippen molar-refractivity contribution in [1.29, 1.82) is 0 Å².